The van der Waals surface area contributed by atoms with Gasteiger partial charge in [0.1, 0.15) is 11.8 Å². The van der Waals surface area contributed by atoms with Gasteiger partial charge < -0.3 is 15.0 Å². The Balaban J connectivity index is 1.66. The van der Waals surface area contributed by atoms with Crippen LogP contribution in [0.25, 0.3) is 0 Å². The first-order valence-corrected chi connectivity index (χ1v) is 12.4. The maximum Gasteiger partial charge on any atom is 0.243 e. The molecule has 1 amide bonds. The summed E-state index contributed by atoms with van der Waals surface area (Å²) in [6.07, 6.45) is 4.83. The van der Waals surface area contributed by atoms with Crippen molar-refractivity contribution in [1.29, 1.82) is 0 Å². The molecule has 1 saturated heterocycles. The summed E-state index contributed by atoms with van der Waals surface area (Å²) in [4.78, 5) is 15.2. The van der Waals surface area contributed by atoms with Crippen molar-refractivity contribution >= 4 is 27.3 Å². The lowest BCUT2D eigenvalue weighted by Gasteiger charge is -2.29. The van der Waals surface area contributed by atoms with Crippen molar-refractivity contribution in [1.82, 2.24) is 5.32 Å². The molecule has 1 aliphatic rings. The fourth-order valence-electron chi connectivity index (χ4n) is 3.87. The van der Waals surface area contributed by atoms with Gasteiger partial charge in [0.25, 0.3) is 0 Å². The van der Waals surface area contributed by atoms with Gasteiger partial charge in [-0.05, 0) is 56.0 Å². The lowest BCUT2D eigenvalue weighted by molar-refractivity contribution is -0.122. The van der Waals surface area contributed by atoms with Crippen molar-refractivity contribution in [2.24, 2.45) is 0 Å². The van der Waals surface area contributed by atoms with Gasteiger partial charge in [0.2, 0.25) is 15.9 Å². The Morgan fingerprint density at radius 3 is 2.42 bits per heavy atom. The molecule has 0 saturated carbocycles. The number of nitrogens with one attached hydrogen (secondary N) is 1. The number of methoxy groups -OCH3 is 1. The third-order valence-electron chi connectivity index (χ3n) is 5.52. The average molecular weight is 446 g/mol. The van der Waals surface area contributed by atoms with Crippen molar-refractivity contribution in [2.75, 3.05) is 35.7 Å². The van der Waals surface area contributed by atoms with E-state index in [1.807, 2.05) is 12.1 Å². The molecule has 8 heteroatoms. The molecule has 31 heavy (non-hydrogen) atoms. The molecular weight excluding hydrogens is 414 g/mol. The molecule has 0 unspecified atom stereocenters. The first kappa shape index (κ1) is 22.9. The monoisotopic (exact) mass is 445 g/mol. The van der Waals surface area contributed by atoms with Gasteiger partial charge in [-0.2, -0.15) is 0 Å². The highest BCUT2D eigenvalue weighted by atomic mass is 32.2. The SMILES string of the molecule is COc1cccc(N([C@@H](C)C(=O)NCc2ccc(N3CCCCC3)cc2)S(C)(=O)=O)c1. The summed E-state index contributed by atoms with van der Waals surface area (Å²) >= 11 is 0. The van der Waals surface area contributed by atoms with Gasteiger partial charge in [-0.25, -0.2) is 8.42 Å². The van der Waals surface area contributed by atoms with E-state index in [1.165, 1.54) is 32.1 Å². The molecule has 0 bridgehead atoms. The zero-order valence-electron chi connectivity index (χ0n) is 18.4. The Kier molecular flexibility index (Phi) is 7.43. The van der Waals surface area contributed by atoms with Crippen LogP contribution in [0.1, 0.15) is 31.7 Å². The van der Waals surface area contributed by atoms with E-state index < -0.39 is 16.1 Å². The predicted molar refractivity (Wildman–Crippen MR) is 124 cm³/mol. The van der Waals surface area contributed by atoms with E-state index in [0.717, 1.165) is 29.2 Å². The number of carbonyl (C=O) groups excluding carboxylic acids is 1. The van der Waals surface area contributed by atoms with Crippen LogP contribution in [0.4, 0.5) is 11.4 Å². The Bertz CT molecular complexity index is 986. The third-order valence-corrected chi connectivity index (χ3v) is 6.76. The van der Waals surface area contributed by atoms with Crippen LogP contribution in [0, 0.1) is 0 Å². The van der Waals surface area contributed by atoms with Crippen molar-refractivity contribution in [3.05, 3.63) is 54.1 Å². The van der Waals surface area contributed by atoms with Gasteiger partial charge in [-0.1, -0.05) is 18.2 Å². The standard InChI is InChI=1S/C23H31N3O4S/c1-18(26(31(3,28)29)21-8-7-9-22(16-21)30-2)23(27)24-17-19-10-12-20(13-11-19)25-14-5-4-6-15-25/h7-13,16,18H,4-6,14-15,17H2,1-3H3,(H,24,27)/t18-/m0/s1. The number of benzene rings is 2. The number of ether oxygens (including phenoxy) is 1. The number of anilines is 2. The minimum atomic E-state index is -3.68. The molecule has 3 rings (SSSR count). The molecule has 1 N–H and O–H groups in total. The zero-order valence-corrected chi connectivity index (χ0v) is 19.2. The van der Waals surface area contributed by atoms with Gasteiger partial charge in [0.15, 0.2) is 0 Å². The van der Waals surface area contributed by atoms with Gasteiger partial charge in [-0.3, -0.25) is 9.10 Å². The average Bonchev–Trinajstić information content (AvgIpc) is 2.77. The maximum atomic E-state index is 12.8. The molecule has 1 aliphatic heterocycles. The maximum absolute atomic E-state index is 12.8. The largest absolute Gasteiger partial charge is 0.497 e. The molecule has 1 atom stereocenters. The van der Waals surface area contributed by atoms with E-state index in [2.05, 4.69) is 22.3 Å². The number of piperidine rings is 1. The molecule has 0 spiro atoms. The van der Waals surface area contributed by atoms with E-state index in [9.17, 15) is 13.2 Å². The van der Waals surface area contributed by atoms with Gasteiger partial charge in [0, 0.05) is 31.4 Å². The summed E-state index contributed by atoms with van der Waals surface area (Å²) in [5.41, 5.74) is 2.55. The normalized spacial score (nSPS) is 15.3. The van der Waals surface area contributed by atoms with Crippen molar-refractivity contribution in [2.45, 2.75) is 38.8 Å². The fraction of sp³-hybridized carbons (Fsp3) is 0.435. The molecule has 0 aliphatic carbocycles. The lowest BCUT2D eigenvalue weighted by Crippen LogP contribution is -2.47. The predicted octanol–water partition coefficient (Wildman–Crippen LogP) is 3.16. The summed E-state index contributed by atoms with van der Waals surface area (Å²) in [7, 11) is -2.17. The number of sulfonamides is 1. The molecule has 7 nitrogen and oxygen atoms in total. The van der Waals surface area contributed by atoms with Crippen LogP contribution >= 0.6 is 0 Å². The molecule has 1 fully saturated rings. The van der Waals surface area contributed by atoms with Crippen molar-refractivity contribution in [3.63, 3.8) is 0 Å². The minimum Gasteiger partial charge on any atom is -0.497 e. The second-order valence-electron chi connectivity index (χ2n) is 7.87. The van der Waals surface area contributed by atoms with Crippen LogP contribution in [-0.4, -0.2) is 46.8 Å². The van der Waals surface area contributed by atoms with Crippen LogP contribution < -0.4 is 19.3 Å². The first-order valence-electron chi connectivity index (χ1n) is 10.5. The Labute approximate surface area is 185 Å². The Hall–Kier alpha value is -2.74. The highest BCUT2D eigenvalue weighted by Crippen LogP contribution is 2.25. The van der Waals surface area contributed by atoms with E-state index >= 15 is 0 Å². The second kappa shape index (κ2) is 10.0. The van der Waals surface area contributed by atoms with E-state index in [4.69, 9.17) is 4.74 Å². The summed E-state index contributed by atoms with van der Waals surface area (Å²) < 4.78 is 31.2. The lowest BCUT2D eigenvalue weighted by atomic mass is 10.1. The molecule has 1 heterocycles. The topological polar surface area (TPSA) is 79.0 Å². The third kappa shape index (κ3) is 5.91. The zero-order chi connectivity index (χ0) is 22.4. The molecule has 0 aromatic heterocycles. The number of carbonyl (C=O) groups is 1. The summed E-state index contributed by atoms with van der Waals surface area (Å²) in [5.74, 6) is 0.154. The number of hydrogen-bond donors (Lipinski definition) is 1. The Morgan fingerprint density at radius 1 is 1.13 bits per heavy atom. The van der Waals surface area contributed by atoms with Crippen LogP contribution in [-0.2, 0) is 21.4 Å². The Morgan fingerprint density at radius 2 is 1.81 bits per heavy atom. The number of rotatable bonds is 8. The second-order valence-corrected chi connectivity index (χ2v) is 9.73. The van der Waals surface area contributed by atoms with Gasteiger partial charge >= 0.3 is 0 Å². The van der Waals surface area contributed by atoms with E-state index in [0.29, 0.717) is 18.0 Å². The van der Waals surface area contributed by atoms with Gasteiger partial charge in [0.05, 0.1) is 19.1 Å². The highest BCUT2D eigenvalue weighted by Gasteiger charge is 2.29. The molecule has 2 aromatic carbocycles. The summed E-state index contributed by atoms with van der Waals surface area (Å²) in [6, 6.07) is 13.9. The van der Waals surface area contributed by atoms with Crippen LogP contribution in [0.2, 0.25) is 0 Å². The van der Waals surface area contributed by atoms with Crippen molar-refractivity contribution < 1.29 is 17.9 Å². The number of hydrogen-bond acceptors (Lipinski definition) is 5. The molecular formula is C23H31N3O4S. The quantitative estimate of drug-likeness (QED) is 0.675. The minimum absolute atomic E-state index is 0.333. The van der Waals surface area contributed by atoms with Crippen molar-refractivity contribution in [3.8, 4) is 5.75 Å². The summed E-state index contributed by atoms with van der Waals surface area (Å²) in [6.45, 7) is 4.08. The fourth-order valence-corrected chi connectivity index (χ4v) is 5.04. The van der Waals surface area contributed by atoms with Gasteiger partial charge in [-0.15, -0.1) is 0 Å². The molecule has 0 radical (unpaired) electrons. The van der Waals surface area contributed by atoms with E-state index in [-0.39, 0.29) is 5.91 Å². The molecule has 2 aromatic rings. The number of nitrogens with zero attached hydrogens (tertiary/aromatic N) is 2. The summed E-state index contributed by atoms with van der Waals surface area (Å²) in [5, 5.41) is 2.86. The van der Waals surface area contributed by atoms with Crippen LogP contribution in [0.5, 0.6) is 5.75 Å². The highest BCUT2D eigenvalue weighted by molar-refractivity contribution is 7.92. The number of amides is 1. The van der Waals surface area contributed by atoms with Crippen LogP contribution in [0.15, 0.2) is 48.5 Å². The smallest absolute Gasteiger partial charge is 0.243 e. The first-order chi connectivity index (χ1) is 14.8. The van der Waals surface area contributed by atoms with E-state index in [1.54, 1.807) is 31.2 Å². The van der Waals surface area contributed by atoms with Crippen LogP contribution in [0.3, 0.4) is 0 Å². The molecule has 168 valence electrons.